The van der Waals surface area contributed by atoms with Gasteiger partial charge >= 0.3 is 0 Å². The van der Waals surface area contributed by atoms with E-state index in [4.69, 9.17) is 6.42 Å². The lowest BCUT2D eigenvalue weighted by atomic mass is 9.93. The monoisotopic (exact) mass is 392 g/mol. The molecular formula is C23H21FN2O3. The van der Waals surface area contributed by atoms with Gasteiger partial charge in [0.05, 0.1) is 5.56 Å². The highest BCUT2D eigenvalue weighted by Crippen LogP contribution is 2.48. The Hall–Kier alpha value is -3.20. The van der Waals surface area contributed by atoms with Crippen molar-refractivity contribution in [1.29, 1.82) is 0 Å². The molecule has 29 heavy (non-hydrogen) atoms. The lowest BCUT2D eigenvalue weighted by molar-refractivity contribution is -0.115. The first-order valence-electron chi connectivity index (χ1n) is 9.69. The Bertz CT molecular complexity index is 1090. The summed E-state index contributed by atoms with van der Waals surface area (Å²) in [5, 5.41) is 2.69. The third-order valence-corrected chi connectivity index (χ3v) is 5.85. The van der Waals surface area contributed by atoms with E-state index >= 15 is 0 Å². The van der Waals surface area contributed by atoms with E-state index in [-0.39, 0.29) is 6.42 Å². The topological polar surface area (TPSA) is 68.2 Å². The van der Waals surface area contributed by atoms with Crippen LogP contribution in [0.2, 0.25) is 0 Å². The summed E-state index contributed by atoms with van der Waals surface area (Å²) >= 11 is 0. The Balaban J connectivity index is 1.65. The van der Waals surface area contributed by atoms with E-state index in [2.05, 4.69) is 11.2 Å². The number of carbonyl (C=O) groups excluding carboxylic acids is 3. The summed E-state index contributed by atoms with van der Waals surface area (Å²) in [6.45, 7) is 2.28. The minimum Gasteiger partial charge on any atom is -0.340 e. The minimum absolute atomic E-state index is 0.0528. The van der Waals surface area contributed by atoms with Gasteiger partial charge in [-0.05, 0) is 56.4 Å². The average molecular weight is 392 g/mol. The van der Waals surface area contributed by atoms with Gasteiger partial charge in [-0.15, -0.1) is 6.42 Å². The number of hydrogen-bond acceptors (Lipinski definition) is 3. The van der Waals surface area contributed by atoms with Gasteiger partial charge in [0.2, 0.25) is 11.6 Å². The molecule has 1 aromatic carbocycles. The van der Waals surface area contributed by atoms with Gasteiger partial charge < -0.3 is 9.88 Å². The number of benzene rings is 1. The smallest absolute Gasteiger partial charge is 0.272 e. The maximum Gasteiger partial charge on any atom is 0.272 e. The Morgan fingerprint density at radius 1 is 1.31 bits per heavy atom. The summed E-state index contributed by atoms with van der Waals surface area (Å²) < 4.78 is 15.2. The second-order valence-electron chi connectivity index (χ2n) is 7.87. The number of aromatic nitrogens is 1. The molecule has 0 radical (unpaired) electrons. The third-order valence-electron chi connectivity index (χ3n) is 5.85. The molecule has 1 aromatic heterocycles. The SMILES string of the molecule is C#CC1(CC(=O)C(=O)c2c(C)c(C(=O)Nc3cccc(F)c3)n3c2CCC3)CC1. The number of anilines is 1. The Kier molecular flexibility index (Phi) is 4.62. The van der Waals surface area contributed by atoms with Gasteiger partial charge in [-0.2, -0.15) is 0 Å². The average Bonchev–Trinajstić information content (AvgIpc) is 3.20. The second kappa shape index (κ2) is 7.00. The molecule has 0 atom stereocenters. The summed E-state index contributed by atoms with van der Waals surface area (Å²) in [7, 11) is 0. The fourth-order valence-corrected chi connectivity index (χ4v) is 4.12. The van der Waals surface area contributed by atoms with Crippen LogP contribution >= 0.6 is 0 Å². The summed E-state index contributed by atoms with van der Waals surface area (Å²) in [5.41, 5.74) is 1.73. The van der Waals surface area contributed by atoms with Crippen LogP contribution in [0, 0.1) is 30.5 Å². The molecule has 0 spiro atoms. The molecule has 4 rings (SSSR count). The Morgan fingerprint density at radius 3 is 2.72 bits per heavy atom. The van der Waals surface area contributed by atoms with E-state index in [1.807, 2.05) is 0 Å². The molecular weight excluding hydrogens is 371 g/mol. The number of nitrogens with one attached hydrogen (secondary N) is 1. The van der Waals surface area contributed by atoms with Gasteiger partial charge in [-0.25, -0.2) is 4.39 Å². The van der Waals surface area contributed by atoms with Crippen molar-refractivity contribution in [2.75, 3.05) is 5.32 Å². The van der Waals surface area contributed by atoms with Crippen molar-refractivity contribution in [3.8, 4) is 12.3 Å². The molecule has 1 aliphatic carbocycles. The molecule has 2 aromatic rings. The highest BCUT2D eigenvalue weighted by atomic mass is 19.1. The van der Waals surface area contributed by atoms with E-state index in [1.165, 1.54) is 18.2 Å². The second-order valence-corrected chi connectivity index (χ2v) is 7.87. The largest absolute Gasteiger partial charge is 0.340 e. The Morgan fingerprint density at radius 2 is 2.07 bits per heavy atom. The van der Waals surface area contributed by atoms with E-state index < -0.39 is 28.7 Å². The van der Waals surface area contributed by atoms with Crippen molar-refractivity contribution >= 4 is 23.2 Å². The summed E-state index contributed by atoms with van der Waals surface area (Å²) in [5.74, 6) is 0.689. The zero-order chi connectivity index (χ0) is 20.8. The molecule has 0 bridgehead atoms. The van der Waals surface area contributed by atoms with Gasteiger partial charge in [-0.3, -0.25) is 14.4 Å². The summed E-state index contributed by atoms with van der Waals surface area (Å²) in [4.78, 5) is 38.5. The first-order chi connectivity index (χ1) is 13.8. The molecule has 0 saturated heterocycles. The maximum atomic E-state index is 13.4. The van der Waals surface area contributed by atoms with E-state index in [9.17, 15) is 18.8 Å². The predicted octanol–water partition coefficient (Wildman–Crippen LogP) is 3.69. The molecule has 1 amide bonds. The van der Waals surface area contributed by atoms with Gasteiger partial charge in [0.25, 0.3) is 5.91 Å². The lowest BCUT2D eigenvalue weighted by Gasteiger charge is -2.09. The zero-order valence-corrected chi connectivity index (χ0v) is 16.2. The molecule has 1 fully saturated rings. The molecule has 0 unspecified atom stereocenters. The fourth-order valence-electron chi connectivity index (χ4n) is 4.12. The minimum atomic E-state index is -0.570. The fraction of sp³-hybridized carbons (Fsp3) is 0.348. The highest BCUT2D eigenvalue weighted by molar-refractivity contribution is 6.44. The van der Waals surface area contributed by atoms with E-state index in [1.54, 1.807) is 17.6 Å². The highest BCUT2D eigenvalue weighted by Gasteiger charge is 2.44. The standard InChI is InChI=1S/C23H21FN2O3/c1-3-23(9-10-23)13-18(27)21(28)19-14(2)20(26-11-5-8-17(19)26)22(29)25-16-7-4-6-15(24)12-16/h1,4,6-7,12H,5,8-11,13H2,2H3,(H,25,29). The van der Waals surface area contributed by atoms with Crippen molar-refractivity contribution in [1.82, 2.24) is 4.57 Å². The molecule has 1 N–H and O–H groups in total. The molecule has 6 heteroatoms. The number of rotatable bonds is 6. The maximum absolute atomic E-state index is 13.4. The van der Waals surface area contributed by atoms with E-state index in [0.717, 1.165) is 25.0 Å². The van der Waals surface area contributed by atoms with Crippen LogP contribution in [0.3, 0.4) is 0 Å². The number of terminal acetylenes is 1. The summed E-state index contributed by atoms with van der Waals surface area (Å²) in [6, 6.07) is 5.62. The number of fused-ring (bicyclic) bond motifs is 1. The molecule has 2 aliphatic rings. The first kappa shape index (κ1) is 19.1. The number of hydrogen-bond donors (Lipinski definition) is 1. The van der Waals surface area contributed by atoms with Crippen LogP contribution in [-0.4, -0.2) is 22.0 Å². The number of ketones is 2. The Labute approximate surface area is 168 Å². The lowest BCUT2D eigenvalue weighted by Crippen LogP contribution is -2.20. The summed E-state index contributed by atoms with van der Waals surface area (Å²) in [6.07, 6.45) is 8.50. The number of carbonyl (C=O) groups is 3. The third kappa shape index (κ3) is 3.38. The van der Waals surface area contributed by atoms with Gasteiger partial charge in [0.15, 0.2) is 0 Å². The number of halogens is 1. The van der Waals surface area contributed by atoms with Gasteiger partial charge in [0.1, 0.15) is 11.5 Å². The molecule has 2 heterocycles. The van der Waals surface area contributed by atoms with Crippen LogP contribution in [-0.2, 0) is 17.8 Å². The molecule has 148 valence electrons. The zero-order valence-electron chi connectivity index (χ0n) is 16.2. The van der Waals surface area contributed by atoms with E-state index in [0.29, 0.717) is 35.5 Å². The molecule has 5 nitrogen and oxygen atoms in total. The van der Waals surface area contributed by atoms with Crippen LogP contribution in [0.15, 0.2) is 24.3 Å². The van der Waals surface area contributed by atoms with Crippen LogP contribution in [0.5, 0.6) is 0 Å². The van der Waals surface area contributed by atoms with Crippen LogP contribution in [0.25, 0.3) is 0 Å². The quantitative estimate of drug-likeness (QED) is 0.463. The normalized spacial score (nSPS) is 16.0. The van der Waals surface area contributed by atoms with Gasteiger partial charge in [-0.1, -0.05) is 12.0 Å². The van der Waals surface area contributed by atoms with Crippen LogP contribution in [0.1, 0.15) is 57.8 Å². The van der Waals surface area contributed by atoms with Crippen molar-refractivity contribution < 1.29 is 18.8 Å². The van der Waals surface area contributed by atoms with Crippen LogP contribution in [0.4, 0.5) is 10.1 Å². The first-order valence-corrected chi connectivity index (χ1v) is 9.69. The number of Topliss-reactive ketones (excluding diaryl/α,β-unsaturated/α-hetero) is 2. The van der Waals surface area contributed by atoms with Gasteiger partial charge in [0, 0.05) is 29.8 Å². The van der Waals surface area contributed by atoms with Crippen molar-refractivity contribution in [2.24, 2.45) is 5.41 Å². The number of nitrogens with zero attached hydrogens (tertiary/aromatic N) is 1. The van der Waals surface area contributed by atoms with Crippen molar-refractivity contribution in [3.63, 3.8) is 0 Å². The molecule has 1 saturated carbocycles. The number of amides is 1. The van der Waals surface area contributed by atoms with Crippen LogP contribution < -0.4 is 5.32 Å². The van der Waals surface area contributed by atoms with Crippen molar-refractivity contribution in [3.05, 3.63) is 52.6 Å². The molecule has 1 aliphatic heterocycles. The van der Waals surface area contributed by atoms with Crippen molar-refractivity contribution in [2.45, 2.75) is 45.6 Å². The predicted molar refractivity (Wildman–Crippen MR) is 106 cm³/mol.